The van der Waals surface area contributed by atoms with Gasteiger partial charge in [0.25, 0.3) is 0 Å². The second kappa shape index (κ2) is 9.34. The number of ether oxygens (including phenoxy) is 1. The largest absolute Gasteiger partial charge is 0.497 e. The molecule has 0 bridgehead atoms. The number of hydrogen-bond donors (Lipinski definition) is 2. The number of pyridine rings is 1. The Balaban J connectivity index is 1.58. The quantitative estimate of drug-likeness (QED) is 0.527. The molecule has 2 aromatic carbocycles. The van der Waals surface area contributed by atoms with Gasteiger partial charge in [0.1, 0.15) is 5.75 Å². The smallest absolute Gasteiger partial charge is 0.244 e. The number of likely N-dealkylation sites (tertiary alicyclic amines) is 1. The van der Waals surface area contributed by atoms with Crippen LogP contribution in [0.4, 0.5) is 11.4 Å². The lowest BCUT2D eigenvalue weighted by Crippen LogP contribution is -2.34. The number of anilines is 2. The Hall–Kier alpha value is -3.13. The SMILES string of the molecule is COc1ccc(CNc2c(NC(=O)CN3CCCC3=O)cnc3cc(Br)ccc23)cc1. The van der Waals surface area contributed by atoms with E-state index in [2.05, 4.69) is 31.5 Å². The maximum Gasteiger partial charge on any atom is 0.244 e. The summed E-state index contributed by atoms with van der Waals surface area (Å²) in [4.78, 5) is 30.6. The number of carbonyl (C=O) groups excluding carboxylic acids is 2. The number of nitrogens with zero attached hydrogens (tertiary/aromatic N) is 2. The number of methoxy groups -OCH3 is 1. The summed E-state index contributed by atoms with van der Waals surface area (Å²) in [5.41, 5.74) is 3.25. The predicted molar refractivity (Wildman–Crippen MR) is 124 cm³/mol. The highest BCUT2D eigenvalue weighted by Gasteiger charge is 2.23. The fourth-order valence-electron chi connectivity index (χ4n) is 3.62. The van der Waals surface area contributed by atoms with Crippen LogP contribution >= 0.6 is 15.9 Å². The molecule has 160 valence electrons. The molecule has 1 saturated heterocycles. The molecule has 0 spiro atoms. The number of nitrogens with one attached hydrogen (secondary N) is 2. The molecular formula is C23H23BrN4O3. The van der Waals surface area contributed by atoms with Crippen molar-refractivity contribution in [2.24, 2.45) is 0 Å². The van der Waals surface area contributed by atoms with Crippen molar-refractivity contribution in [3.63, 3.8) is 0 Å². The van der Waals surface area contributed by atoms with Crippen LogP contribution < -0.4 is 15.4 Å². The first-order chi connectivity index (χ1) is 15.0. The molecule has 1 aromatic heterocycles. The number of carbonyl (C=O) groups is 2. The molecule has 0 saturated carbocycles. The van der Waals surface area contributed by atoms with Gasteiger partial charge in [-0.15, -0.1) is 0 Å². The summed E-state index contributed by atoms with van der Waals surface area (Å²) in [6.45, 7) is 1.24. The van der Waals surface area contributed by atoms with Crippen LogP contribution in [0.25, 0.3) is 10.9 Å². The van der Waals surface area contributed by atoms with Crippen LogP contribution in [0.2, 0.25) is 0 Å². The van der Waals surface area contributed by atoms with E-state index in [9.17, 15) is 9.59 Å². The second-order valence-corrected chi connectivity index (χ2v) is 8.29. The molecule has 0 atom stereocenters. The van der Waals surface area contributed by atoms with Gasteiger partial charge in [0, 0.05) is 29.4 Å². The Kier molecular flexibility index (Phi) is 6.36. The number of halogens is 1. The highest BCUT2D eigenvalue weighted by atomic mass is 79.9. The number of hydrogen-bond acceptors (Lipinski definition) is 5. The first-order valence-corrected chi connectivity index (χ1v) is 10.9. The zero-order chi connectivity index (χ0) is 21.8. The van der Waals surface area contributed by atoms with Crippen LogP contribution in [-0.4, -0.2) is 41.9 Å². The van der Waals surface area contributed by atoms with Gasteiger partial charge in [0.2, 0.25) is 11.8 Å². The van der Waals surface area contributed by atoms with Crippen molar-refractivity contribution in [3.8, 4) is 5.75 Å². The summed E-state index contributed by atoms with van der Waals surface area (Å²) in [7, 11) is 1.64. The van der Waals surface area contributed by atoms with Gasteiger partial charge in [-0.1, -0.05) is 28.1 Å². The fourth-order valence-corrected chi connectivity index (χ4v) is 3.97. The zero-order valence-electron chi connectivity index (χ0n) is 17.2. The summed E-state index contributed by atoms with van der Waals surface area (Å²) < 4.78 is 6.15. The van der Waals surface area contributed by atoms with Gasteiger partial charge in [0.15, 0.2) is 0 Å². The van der Waals surface area contributed by atoms with Crippen molar-refractivity contribution in [2.75, 3.05) is 30.8 Å². The molecule has 0 unspecified atom stereocenters. The Bertz CT molecular complexity index is 1120. The molecule has 1 aliphatic rings. The lowest BCUT2D eigenvalue weighted by Gasteiger charge is -2.18. The normalized spacial score (nSPS) is 13.5. The van der Waals surface area contributed by atoms with Crippen LogP contribution in [-0.2, 0) is 16.1 Å². The van der Waals surface area contributed by atoms with Crippen LogP contribution in [0.1, 0.15) is 18.4 Å². The maximum absolute atomic E-state index is 12.6. The third-order valence-corrected chi connectivity index (χ3v) is 5.73. The molecule has 8 heteroatoms. The van der Waals surface area contributed by atoms with Gasteiger partial charge in [-0.25, -0.2) is 0 Å². The average Bonchev–Trinajstić information content (AvgIpc) is 3.17. The van der Waals surface area contributed by atoms with E-state index in [1.807, 2.05) is 42.5 Å². The van der Waals surface area contributed by atoms with E-state index in [1.165, 1.54) is 0 Å². The highest BCUT2D eigenvalue weighted by molar-refractivity contribution is 9.10. The van der Waals surface area contributed by atoms with Crippen LogP contribution in [0.15, 0.2) is 53.1 Å². The monoisotopic (exact) mass is 482 g/mol. The van der Waals surface area contributed by atoms with Crippen molar-refractivity contribution >= 4 is 50.0 Å². The lowest BCUT2D eigenvalue weighted by molar-refractivity contribution is -0.131. The highest BCUT2D eigenvalue weighted by Crippen LogP contribution is 2.32. The summed E-state index contributed by atoms with van der Waals surface area (Å²) in [5, 5.41) is 7.27. The van der Waals surface area contributed by atoms with Gasteiger partial charge in [0.05, 0.1) is 36.7 Å². The van der Waals surface area contributed by atoms with E-state index in [1.54, 1.807) is 18.2 Å². The number of amides is 2. The molecular weight excluding hydrogens is 460 g/mol. The molecule has 4 rings (SSSR count). The first-order valence-electron chi connectivity index (χ1n) is 10.1. The molecule has 7 nitrogen and oxygen atoms in total. The number of benzene rings is 2. The Morgan fingerprint density at radius 3 is 2.74 bits per heavy atom. The van der Waals surface area contributed by atoms with E-state index in [0.717, 1.165) is 38.8 Å². The average molecular weight is 483 g/mol. The van der Waals surface area contributed by atoms with E-state index >= 15 is 0 Å². The van der Waals surface area contributed by atoms with Gasteiger partial charge in [-0.3, -0.25) is 14.6 Å². The van der Waals surface area contributed by atoms with Crippen molar-refractivity contribution < 1.29 is 14.3 Å². The maximum atomic E-state index is 12.6. The summed E-state index contributed by atoms with van der Waals surface area (Å²) in [6, 6.07) is 13.6. The van der Waals surface area contributed by atoms with E-state index in [-0.39, 0.29) is 18.4 Å². The third-order valence-electron chi connectivity index (χ3n) is 5.24. The Morgan fingerprint density at radius 2 is 2.03 bits per heavy atom. The standard InChI is InChI=1S/C23H23BrN4O3/c1-31-17-7-4-15(5-8-17)12-26-23-18-9-6-16(24)11-19(18)25-13-20(23)27-21(29)14-28-10-2-3-22(28)30/h4-9,11,13H,2-3,10,12,14H2,1H3,(H,25,26)(H,27,29). The second-order valence-electron chi connectivity index (χ2n) is 7.38. The van der Waals surface area contributed by atoms with Crippen molar-refractivity contribution in [1.82, 2.24) is 9.88 Å². The summed E-state index contributed by atoms with van der Waals surface area (Å²) in [5.74, 6) is 0.586. The molecule has 2 N–H and O–H groups in total. The van der Waals surface area contributed by atoms with Gasteiger partial charge in [-0.2, -0.15) is 0 Å². The third kappa shape index (κ3) is 4.96. The molecule has 0 aliphatic carbocycles. The van der Waals surface area contributed by atoms with E-state index in [0.29, 0.717) is 25.2 Å². The lowest BCUT2D eigenvalue weighted by atomic mass is 10.1. The van der Waals surface area contributed by atoms with Crippen LogP contribution in [0.3, 0.4) is 0 Å². The van der Waals surface area contributed by atoms with E-state index < -0.39 is 0 Å². The summed E-state index contributed by atoms with van der Waals surface area (Å²) >= 11 is 3.48. The molecule has 1 fully saturated rings. The molecule has 1 aliphatic heterocycles. The van der Waals surface area contributed by atoms with E-state index in [4.69, 9.17) is 4.74 Å². The predicted octanol–water partition coefficient (Wildman–Crippen LogP) is 4.18. The number of aromatic nitrogens is 1. The van der Waals surface area contributed by atoms with Gasteiger partial charge < -0.3 is 20.3 Å². The minimum Gasteiger partial charge on any atom is -0.497 e. The molecule has 3 aromatic rings. The fraction of sp³-hybridized carbons (Fsp3) is 0.261. The number of rotatable bonds is 7. The minimum atomic E-state index is -0.235. The molecule has 2 amide bonds. The van der Waals surface area contributed by atoms with Gasteiger partial charge >= 0.3 is 0 Å². The Morgan fingerprint density at radius 1 is 1.23 bits per heavy atom. The first kappa shape index (κ1) is 21.1. The topological polar surface area (TPSA) is 83.6 Å². The van der Waals surface area contributed by atoms with Crippen molar-refractivity contribution in [3.05, 3.63) is 58.7 Å². The minimum absolute atomic E-state index is 0.0227. The Labute approximate surface area is 188 Å². The van der Waals surface area contributed by atoms with Crippen molar-refractivity contribution in [2.45, 2.75) is 19.4 Å². The van der Waals surface area contributed by atoms with Crippen molar-refractivity contribution in [1.29, 1.82) is 0 Å². The van der Waals surface area contributed by atoms with Crippen LogP contribution in [0.5, 0.6) is 5.75 Å². The molecule has 2 heterocycles. The van der Waals surface area contributed by atoms with Gasteiger partial charge in [-0.05, 0) is 42.3 Å². The van der Waals surface area contributed by atoms with Crippen LogP contribution in [0, 0.1) is 0 Å². The zero-order valence-corrected chi connectivity index (χ0v) is 18.7. The number of fused-ring (bicyclic) bond motifs is 1. The summed E-state index contributed by atoms with van der Waals surface area (Å²) in [6.07, 6.45) is 2.95. The molecule has 31 heavy (non-hydrogen) atoms. The molecule has 0 radical (unpaired) electrons.